The summed E-state index contributed by atoms with van der Waals surface area (Å²) >= 11 is 0. The molecule has 0 saturated carbocycles. The smallest absolute Gasteiger partial charge is 0.461 e. The number of carbonyl (C=O) groups is 2. The van der Waals surface area contributed by atoms with Crippen LogP contribution in [-0.4, -0.2) is 71.3 Å². The zero-order valence-corrected chi connectivity index (χ0v) is 28.6. The van der Waals surface area contributed by atoms with Crippen LogP contribution in [0, 0.1) is 10.8 Å². The fraction of sp³-hybridized carbons (Fsp3) is 0.487. The first-order chi connectivity index (χ1) is 23.7. The first kappa shape index (κ1) is 37.3. The molecule has 2 saturated heterocycles. The standard InChI is InChI=1S/C39H46F4N2O5/c1-4-37(34(46)47)26(2)44-27(3)38(35(48)49,32(37)28-13-11-18-31(25-28)50-39(42,43)33(40)41)19-12-22-45-23-20-36(21-24-45,29-14-7-5-8-15-29)30-16-9-6-10-17-30/h5-11,13-18,25-27,32-33,44H,4,12,19-24H2,1-3H3,(H,46,47)(H,48,49). The Balaban J connectivity index is 1.45. The number of carboxylic acids is 2. The van der Waals surface area contributed by atoms with Gasteiger partial charge in [0.05, 0.1) is 10.8 Å². The van der Waals surface area contributed by atoms with Crippen molar-refractivity contribution in [1.29, 1.82) is 0 Å². The van der Waals surface area contributed by atoms with Crippen LogP contribution in [-0.2, 0) is 15.0 Å². The van der Waals surface area contributed by atoms with Gasteiger partial charge in [-0.1, -0.05) is 79.7 Å². The van der Waals surface area contributed by atoms with Gasteiger partial charge >= 0.3 is 24.5 Å². The lowest BCUT2D eigenvalue weighted by Gasteiger charge is -2.57. The first-order valence-corrected chi connectivity index (χ1v) is 17.3. The number of carboxylic acid groups (broad SMARTS) is 2. The second-order valence-electron chi connectivity index (χ2n) is 13.9. The molecule has 2 aliphatic heterocycles. The Hall–Kier alpha value is -3.96. The van der Waals surface area contributed by atoms with E-state index in [-0.39, 0.29) is 23.8 Å². The van der Waals surface area contributed by atoms with Gasteiger partial charge in [-0.05, 0) is 94.4 Å². The number of nitrogens with zero attached hydrogens (tertiary/aromatic N) is 1. The number of likely N-dealkylation sites (tertiary alicyclic amines) is 1. The molecule has 50 heavy (non-hydrogen) atoms. The molecule has 11 heteroatoms. The molecule has 3 aromatic rings. The summed E-state index contributed by atoms with van der Waals surface area (Å²) in [7, 11) is 0. The molecule has 5 rings (SSSR count). The molecule has 0 spiro atoms. The summed E-state index contributed by atoms with van der Waals surface area (Å²) in [5.74, 6) is -4.27. The number of ether oxygens (including phenoxy) is 1. The molecule has 7 nitrogen and oxygen atoms in total. The molecule has 3 N–H and O–H groups in total. The van der Waals surface area contributed by atoms with Gasteiger partial charge in [0.2, 0.25) is 0 Å². The van der Waals surface area contributed by atoms with Crippen LogP contribution in [0.25, 0.3) is 0 Å². The summed E-state index contributed by atoms with van der Waals surface area (Å²) in [6, 6.07) is 24.4. The number of benzene rings is 3. The van der Waals surface area contributed by atoms with Crippen LogP contribution in [0.3, 0.4) is 0 Å². The maximum absolute atomic E-state index is 14.0. The van der Waals surface area contributed by atoms with E-state index in [1.165, 1.54) is 23.3 Å². The van der Waals surface area contributed by atoms with Crippen molar-refractivity contribution in [2.45, 2.75) is 88.8 Å². The van der Waals surface area contributed by atoms with Crippen molar-refractivity contribution in [2.75, 3.05) is 19.6 Å². The zero-order chi connectivity index (χ0) is 36.3. The van der Waals surface area contributed by atoms with Crippen LogP contribution >= 0.6 is 0 Å². The molecule has 0 radical (unpaired) electrons. The number of rotatable bonds is 13. The van der Waals surface area contributed by atoms with Crippen molar-refractivity contribution in [2.24, 2.45) is 10.8 Å². The summed E-state index contributed by atoms with van der Waals surface area (Å²) in [6.07, 6.45) is -6.65. The number of alkyl halides is 4. The second kappa shape index (κ2) is 14.7. The monoisotopic (exact) mass is 698 g/mol. The lowest BCUT2D eigenvalue weighted by molar-refractivity contribution is -0.253. The minimum absolute atomic E-state index is 0.0222. The average molecular weight is 699 g/mol. The van der Waals surface area contributed by atoms with E-state index in [0.29, 0.717) is 13.0 Å². The molecular formula is C39H46F4N2O5. The number of piperidine rings is 2. The van der Waals surface area contributed by atoms with Crippen LogP contribution in [0.5, 0.6) is 5.75 Å². The van der Waals surface area contributed by atoms with Crippen molar-refractivity contribution >= 4 is 11.9 Å². The Morgan fingerprint density at radius 1 is 0.880 bits per heavy atom. The Bertz CT molecular complexity index is 1580. The fourth-order valence-electron chi connectivity index (χ4n) is 8.94. The highest BCUT2D eigenvalue weighted by atomic mass is 19.3. The predicted molar refractivity (Wildman–Crippen MR) is 182 cm³/mol. The highest BCUT2D eigenvalue weighted by Crippen LogP contribution is 2.59. The number of hydrogen-bond donors (Lipinski definition) is 3. The average Bonchev–Trinajstić information content (AvgIpc) is 3.09. The molecule has 2 fully saturated rings. The molecule has 0 bridgehead atoms. The van der Waals surface area contributed by atoms with Gasteiger partial charge < -0.3 is 25.2 Å². The second-order valence-corrected chi connectivity index (χ2v) is 13.9. The summed E-state index contributed by atoms with van der Waals surface area (Å²) in [5.41, 5.74) is -0.911. The number of hydrogen-bond acceptors (Lipinski definition) is 5. The van der Waals surface area contributed by atoms with Crippen molar-refractivity contribution in [3.63, 3.8) is 0 Å². The van der Waals surface area contributed by atoms with E-state index in [1.54, 1.807) is 20.8 Å². The van der Waals surface area contributed by atoms with E-state index >= 15 is 0 Å². The van der Waals surface area contributed by atoms with Gasteiger partial charge in [0.15, 0.2) is 0 Å². The van der Waals surface area contributed by atoms with Gasteiger partial charge in [0.1, 0.15) is 5.75 Å². The molecule has 0 aliphatic carbocycles. The lowest BCUT2D eigenvalue weighted by Crippen LogP contribution is -2.69. The maximum Gasteiger partial charge on any atom is 0.461 e. The normalized spacial score (nSPS) is 27.2. The Morgan fingerprint density at radius 3 is 1.92 bits per heavy atom. The van der Waals surface area contributed by atoms with E-state index < -0.39 is 59.1 Å². The van der Waals surface area contributed by atoms with Gasteiger partial charge in [-0.3, -0.25) is 9.59 Å². The Morgan fingerprint density at radius 2 is 1.42 bits per heavy atom. The predicted octanol–water partition coefficient (Wildman–Crippen LogP) is 7.80. The molecule has 0 aromatic heterocycles. The minimum Gasteiger partial charge on any atom is -0.481 e. The highest BCUT2D eigenvalue weighted by Gasteiger charge is 2.66. The molecule has 2 heterocycles. The SMILES string of the molecule is CCC1(C(=O)O)C(C)NC(C)C(CCCN2CCC(c3ccccc3)(c3ccccc3)CC2)(C(=O)O)C1c1cccc(OC(F)(F)C(F)F)c1. The Labute approximate surface area is 290 Å². The summed E-state index contributed by atoms with van der Waals surface area (Å²) < 4.78 is 58.4. The number of aliphatic carboxylic acids is 2. The third kappa shape index (κ3) is 6.62. The largest absolute Gasteiger partial charge is 0.481 e. The van der Waals surface area contributed by atoms with Crippen LogP contribution < -0.4 is 10.1 Å². The maximum atomic E-state index is 14.0. The quantitative estimate of drug-likeness (QED) is 0.157. The van der Waals surface area contributed by atoms with Crippen molar-refractivity contribution in [1.82, 2.24) is 10.2 Å². The topological polar surface area (TPSA) is 99.1 Å². The number of nitrogens with one attached hydrogen (secondary N) is 1. The molecule has 5 unspecified atom stereocenters. The van der Waals surface area contributed by atoms with Crippen LogP contribution in [0.2, 0.25) is 0 Å². The van der Waals surface area contributed by atoms with E-state index in [9.17, 15) is 37.4 Å². The minimum atomic E-state index is -4.79. The lowest BCUT2D eigenvalue weighted by atomic mass is 9.49. The van der Waals surface area contributed by atoms with Crippen LogP contribution in [0.15, 0.2) is 84.9 Å². The molecule has 3 aromatic carbocycles. The third-order valence-electron chi connectivity index (χ3n) is 11.6. The first-order valence-electron chi connectivity index (χ1n) is 17.3. The van der Waals surface area contributed by atoms with Gasteiger partial charge in [0, 0.05) is 23.4 Å². The van der Waals surface area contributed by atoms with Crippen molar-refractivity contribution in [3.8, 4) is 5.75 Å². The summed E-state index contributed by atoms with van der Waals surface area (Å²) in [6.45, 7) is 7.15. The van der Waals surface area contributed by atoms with E-state index in [0.717, 1.165) is 38.1 Å². The molecular weight excluding hydrogens is 652 g/mol. The highest BCUT2D eigenvalue weighted by molar-refractivity contribution is 5.84. The summed E-state index contributed by atoms with van der Waals surface area (Å²) in [5, 5.41) is 25.1. The molecule has 5 atom stereocenters. The van der Waals surface area contributed by atoms with Crippen LogP contribution in [0.1, 0.15) is 75.5 Å². The molecule has 270 valence electrons. The van der Waals surface area contributed by atoms with E-state index in [1.807, 2.05) is 36.4 Å². The van der Waals surface area contributed by atoms with Gasteiger partial charge in [-0.25, -0.2) is 0 Å². The third-order valence-corrected chi connectivity index (χ3v) is 11.6. The van der Waals surface area contributed by atoms with Crippen molar-refractivity contribution in [3.05, 3.63) is 102 Å². The van der Waals surface area contributed by atoms with Crippen molar-refractivity contribution < 1.29 is 42.1 Å². The molecule has 0 amide bonds. The fourth-order valence-corrected chi connectivity index (χ4v) is 8.94. The zero-order valence-electron chi connectivity index (χ0n) is 28.6. The van der Waals surface area contributed by atoms with Crippen LogP contribution in [0.4, 0.5) is 17.6 Å². The molecule has 2 aliphatic rings. The van der Waals surface area contributed by atoms with E-state index in [4.69, 9.17) is 0 Å². The van der Waals surface area contributed by atoms with Gasteiger partial charge in [0.25, 0.3) is 0 Å². The van der Waals surface area contributed by atoms with Gasteiger partial charge in [-0.15, -0.1) is 0 Å². The number of halogens is 4. The van der Waals surface area contributed by atoms with Gasteiger partial charge in [-0.2, -0.15) is 17.6 Å². The summed E-state index contributed by atoms with van der Waals surface area (Å²) in [4.78, 5) is 29.1. The van der Waals surface area contributed by atoms with E-state index in [2.05, 4.69) is 39.2 Å². The Kier molecular flexibility index (Phi) is 11.0.